The molecular weight excluding hydrogens is 230 g/mol. The van der Waals surface area contributed by atoms with E-state index in [9.17, 15) is 9.59 Å². The number of carbonyl (C=O) groups is 2. The Kier molecular flexibility index (Phi) is 5.64. The van der Waals surface area contributed by atoms with Crippen molar-refractivity contribution in [2.45, 2.75) is 19.8 Å². The zero-order valence-electron chi connectivity index (χ0n) is 10.6. The summed E-state index contributed by atoms with van der Waals surface area (Å²) in [6.07, 6.45) is 2.65. The summed E-state index contributed by atoms with van der Waals surface area (Å²) in [7, 11) is 1.36. The van der Waals surface area contributed by atoms with Crippen LogP contribution in [-0.2, 0) is 14.3 Å². The normalized spacial score (nSPS) is 10.9. The Balaban J connectivity index is 2.75. The smallest absolute Gasteiger partial charge is 0.305 e. The van der Waals surface area contributed by atoms with Gasteiger partial charge in [-0.05, 0) is 12.0 Å². The summed E-state index contributed by atoms with van der Waals surface area (Å²) in [6.45, 7) is 1.46. The van der Waals surface area contributed by atoms with Crippen molar-refractivity contribution in [3.8, 4) is 0 Å². The van der Waals surface area contributed by atoms with E-state index in [1.165, 1.54) is 14.0 Å². The molecule has 18 heavy (non-hydrogen) atoms. The lowest BCUT2D eigenvalue weighted by atomic mass is 10.1. The fourth-order valence-electron chi connectivity index (χ4n) is 1.48. The minimum Gasteiger partial charge on any atom is -0.469 e. The molecule has 1 rings (SSSR count). The largest absolute Gasteiger partial charge is 0.469 e. The van der Waals surface area contributed by atoms with Crippen LogP contribution in [-0.4, -0.2) is 19.0 Å². The van der Waals surface area contributed by atoms with Crippen LogP contribution in [0.4, 0.5) is 0 Å². The molecule has 0 radical (unpaired) electrons. The predicted molar refractivity (Wildman–Crippen MR) is 69.5 cm³/mol. The first-order valence-corrected chi connectivity index (χ1v) is 5.73. The number of hydrogen-bond acceptors (Lipinski definition) is 3. The maximum atomic E-state index is 11.1. The molecule has 4 heteroatoms. The van der Waals surface area contributed by atoms with Gasteiger partial charge in [-0.25, -0.2) is 0 Å². The van der Waals surface area contributed by atoms with Crippen LogP contribution in [0.5, 0.6) is 0 Å². The Morgan fingerprint density at radius 2 is 1.94 bits per heavy atom. The van der Waals surface area contributed by atoms with Crippen LogP contribution in [0.1, 0.15) is 25.3 Å². The van der Waals surface area contributed by atoms with E-state index < -0.39 is 0 Å². The Hall–Kier alpha value is -2.10. The molecular formula is C14H17NO3. The first-order valence-electron chi connectivity index (χ1n) is 5.73. The van der Waals surface area contributed by atoms with Crippen molar-refractivity contribution in [2.75, 3.05) is 7.11 Å². The summed E-state index contributed by atoms with van der Waals surface area (Å²) in [5.41, 5.74) is 1.63. The maximum Gasteiger partial charge on any atom is 0.305 e. The minimum atomic E-state index is -0.263. The third-order valence-corrected chi connectivity index (χ3v) is 2.32. The van der Waals surface area contributed by atoms with Gasteiger partial charge in [0.15, 0.2) is 0 Å². The van der Waals surface area contributed by atoms with Gasteiger partial charge < -0.3 is 10.1 Å². The second-order valence-corrected chi connectivity index (χ2v) is 3.78. The molecule has 0 unspecified atom stereocenters. The monoisotopic (exact) mass is 247 g/mol. The molecule has 0 atom stereocenters. The Labute approximate surface area is 107 Å². The first-order chi connectivity index (χ1) is 8.63. The highest BCUT2D eigenvalue weighted by atomic mass is 16.5. The lowest BCUT2D eigenvalue weighted by Gasteiger charge is -2.08. The van der Waals surface area contributed by atoms with Crippen LogP contribution in [0.25, 0.3) is 5.70 Å². The highest BCUT2D eigenvalue weighted by Crippen LogP contribution is 2.12. The van der Waals surface area contributed by atoms with Crippen LogP contribution >= 0.6 is 0 Å². The number of ether oxygens (including phenoxy) is 1. The van der Waals surface area contributed by atoms with Gasteiger partial charge in [0.25, 0.3) is 0 Å². The second kappa shape index (κ2) is 7.27. The van der Waals surface area contributed by atoms with E-state index in [2.05, 4.69) is 10.1 Å². The molecule has 0 aliphatic carbocycles. The van der Waals surface area contributed by atoms with Crippen LogP contribution in [0.2, 0.25) is 0 Å². The van der Waals surface area contributed by atoms with Crippen LogP contribution < -0.4 is 5.32 Å². The predicted octanol–water partition coefficient (Wildman–Crippen LogP) is 2.12. The van der Waals surface area contributed by atoms with Crippen molar-refractivity contribution in [3.05, 3.63) is 42.0 Å². The van der Waals surface area contributed by atoms with Gasteiger partial charge in [-0.2, -0.15) is 0 Å². The summed E-state index contributed by atoms with van der Waals surface area (Å²) in [5, 5.41) is 2.76. The lowest BCUT2D eigenvalue weighted by Crippen LogP contribution is -2.18. The van der Waals surface area contributed by atoms with Crippen molar-refractivity contribution < 1.29 is 14.3 Å². The summed E-state index contributed by atoms with van der Waals surface area (Å²) in [6, 6.07) is 9.50. The number of carbonyl (C=O) groups excluding carboxylic acids is 2. The van der Waals surface area contributed by atoms with E-state index in [4.69, 9.17) is 0 Å². The van der Waals surface area contributed by atoms with Crippen molar-refractivity contribution in [2.24, 2.45) is 0 Å². The van der Waals surface area contributed by atoms with Gasteiger partial charge in [0.1, 0.15) is 0 Å². The zero-order chi connectivity index (χ0) is 13.4. The number of methoxy groups -OCH3 is 1. The molecule has 0 bridgehead atoms. The highest BCUT2D eigenvalue weighted by molar-refractivity contribution is 5.85. The average Bonchev–Trinajstić information content (AvgIpc) is 2.38. The first kappa shape index (κ1) is 14.0. The number of esters is 1. The van der Waals surface area contributed by atoms with Crippen molar-refractivity contribution in [1.29, 1.82) is 0 Å². The lowest BCUT2D eigenvalue weighted by molar-refractivity contribution is -0.140. The molecule has 0 spiro atoms. The molecule has 0 saturated heterocycles. The third kappa shape index (κ3) is 4.82. The Bertz CT molecular complexity index is 438. The number of hydrogen-bond donors (Lipinski definition) is 1. The zero-order valence-corrected chi connectivity index (χ0v) is 10.6. The number of benzene rings is 1. The van der Waals surface area contributed by atoms with E-state index in [1.807, 2.05) is 36.4 Å². The van der Waals surface area contributed by atoms with Crippen LogP contribution in [0.3, 0.4) is 0 Å². The summed E-state index contributed by atoms with van der Waals surface area (Å²) in [4.78, 5) is 22.2. The quantitative estimate of drug-likeness (QED) is 0.811. The van der Waals surface area contributed by atoms with Crippen molar-refractivity contribution in [3.63, 3.8) is 0 Å². The fraction of sp³-hybridized carbons (Fsp3) is 0.286. The standard InChI is InChI=1S/C14H17NO3/c1-11(16)15-13(9-6-10-14(17)18-2)12-7-4-3-5-8-12/h3-5,7-9H,6,10H2,1-2H3,(H,15,16). The molecule has 1 N–H and O–H groups in total. The highest BCUT2D eigenvalue weighted by Gasteiger charge is 2.04. The second-order valence-electron chi connectivity index (χ2n) is 3.78. The molecule has 0 fully saturated rings. The van der Waals surface area contributed by atoms with Gasteiger partial charge in [-0.1, -0.05) is 36.4 Å². The van der Waals surface area contributed by atoms with Gasteiger partial charge in [-0.15, -0.1) is 0 Å². The summed E-state index contributed by atoms with van der Waals surface area (Å²) < 4.78 is 4.56. The number of nitrogens with one attached hydrogen (secondary N) is 1. The maximum absolute atomic E-state index is 11.1. The number of rotatable bonds is 5. The minimum absolute atomic E-state index is 0.136. The molecule has 1 amide bonds. The van der Waals surface area contributed by atoms with Gasteiger partial charge in [-0.3, -0.25) is 9.59 Å². The van der Waals surface area contributed by atoms with Crippen molar-refractivity contribution in [1.82, 2.24) is 5.32 Å². The molecule has 4 nitrogen and oxygen atoms in total. The van der Waals surface area contributed by atoms with Gasteiger partial charge in [0.05, 0.1) is 7.11 Å². The van der Waals surface area contributed by atoms with E-state index >= 15 is 0 Å². The van der Waals surface area contributed by atoms with Gasteiger partial charge in [0, 0.05) is 19.0 Å². The average molecular weight is 247 g/mol. The number of amides is 1. The molecule has 0 aliphatic heterocycles. The van der Waals surface area contributed by atoms with Gasteiger partial charge >= 0.3 is 5.97 Å². The van der Waals surface area contributed by atoms with E-state index in [0.717, 1.165) is 5.56 Å². The molecule has 0 heterocycles. The molecule has 1 aromatic rings. The number of allylic oxidation sites excluding steroid dienone is 1. The van der Waals surface area contributed by atoms with Crippen LogP contribution in [0.15, 0.2) is 36.4 Å². The van der Waals surface area contributed by atoms with Gasteiger partial charge in [0.2, 0.25) is 5.91 Å². The molecule has 0 aliphatic rings. The molecule has 0 aromatic heterocycles. The topological polar surface area (TPSA) is 55.4 Å². The summed E-state index contributed by atoms with van der Waals surface area (Å²) in [5.74, 6) is -0.398. The van der Waals surface area contributed by atoms with E-state index in [0.29, 0.717) is 18.5 Å². The SMILES string of the molecule is COC(=O)CCC=C(NC(C)=O)c1ccccc1. The third-order valence-electron chi connectivity index (χ3n) is 2.32. The Morgan fingerprint density at radius 1 is 1.28 bits per heavy atom. The van der Waals surface area contributed by atoms with E-state index in [1.54, 1.807) is 0 Å². The fourth-order valence-corrected chi connectivity index (χ4v) is 1.48. The van der Waals surface area contributed by atoms with Crippen molar-refractivity contribution >= 4 is 17.6 Å². The van der Waals surface area contributed by atoms with E-state index in [-0.39, 0.29) is 11.9 Å². The summed E-state index contributed by atoms with van der Waals surface area (Å²) >= 11 is 0. The molecule has 96 valence electrons. The molecule has 0 saturated carbocycles. The Morgan fingerprint density at radius 3 is 2.50 bits per heavy atom. The molecule has 1 aromatic carbocycles. The van der Waals surface area contributed by atoms with Crippen LogP contribution in [0, 0.1) is 0 Å².